The highest BCUT2D eigenvalue weighted by Crippen LogP contribution is 2.25. The molecule has 0 amide bonds. The first-order chi connectivity index (χ1) is 8.81. The molecule has 18 heavy (non-hydrogen) atoms. The molecule has 0 unspecified atom stereocenters. The van der Waals surface area contributed by atoms with Crippen molar-refractivity contribution in [1.29, 1.82) is 0 Å². The number of hydrazine groups is 1. The topological polar surface area (TPSA) is 63.8 Å². The van der Waals surface area contributed by atoms with E-state index in [0.29, 0.717) is 5.82 Å². The van der Waals surface area contributed by atoms with Gasteiger partial charge in [-0.25, -0.2) is 15.8 Å². The van der Waals surface area contributed by atoms with Gasteiger partial charge in [0.25, 0.3) is 0 Å². The second kappa shape index (κ2) is 4.23. The van der Waals surface area contributed by atoms with Crippen LogP contribution in [0, 0.1) is 0 Å². The largest absolute Gasteiger partial charge is 0.308 e. The minimum absolute atomic E-state index is 0.683. The summed E-state index contributed by atoms with van der Waals surface area (Å²) in [4.78, 5) is 8.94. The summed E-state index contributed by atoms with van der Waals surface area (Å²) in [7, 11) is 0. The summed E-state index contributed by atoms with van der Waals surface area (Å²) in [5.74, 6) is 7.02. The van der Waals surface area contributed by atoms with Crippen LogP contribution in [0.1, 0.15) is 12.7 Å². The number of benzene rings is 2. The fraction of sp³-hybridized carbons (Fsp3) is 0.143. The van der Waals surface area contributed by atoms with Crippen molar-refractivity contribution in [2.24, 2.45) is 5.84 Å². The predicted octanol–water partition coefficient (Wildman–Crippen LogP) is 2.63. The molecule has 0 atom stereocenters. The number of hydrogen-bond acceptors (Lipinski definition) is 4. The molecule has 0 spiro atoms. The van der Waals surface area contributed by atoms with Crippen molar-refractivity contribution in [3.05, 3.63) is 42.2 Å². The molecule has 3 rings (SSSR count). The van der Waals surface area contributed by atoms with Crippen molar-refractivity contribution >= 4 is 27.5 Å². The van der Waals surface area contributed by atoms with Gasteiger partial charge in [0.15, 0.2) is 5.82 Å². The van der Waals surface area contributed by atoms with E-state index in [1.807, 2.05) is 19.1 Å². The summed E-state index contributed by atoms with van der Waals surface area (Å²) in [6.07, 6.45) is 0.789. The number of nitrogens with one attached hydrogen (secondary N) is 1. The molecule has 2 aromatic carbocycles. The van der Waals surface area contributed by atoms with E-state index >= 15 is 0 Å². The minimum Gasteiger partial charge on any atom is -0.308 e. The van der Waals surface area contributed by atoms with Crippen LogP contribution in [0.25, 0.3) is 21.7 Å². The van der Waals surface area contributed by atoms with Gasteiger partial charge in [0.1, 0.15) is 5.82 Å². The highest BCUT2D eigenvalue weighted by Gasteiger charge is 2.07. The molecule has 90 valence electrons. The molecule has 3 N–H and O–H groups in total. The minimum atomic E-state index is 0.683. The highest BCUT2D eigenvalue weighted by atomic mass is 15.3. The zero-order valence-electron chi connectivity index (χ0n) is 10.1. The van der Waals surface area contributed by atoms with Crippen molar-refractivity contribution < 1.29 is 0 Å². The molecular weight excluding hydrogens is 224 g/mol. The smallest absolute Gasteiger partial charge is 0.151 e. The van der Waals surface area contributed by atoms with Crippen molar-refractivity contribution in [1.82, 2.24) is 9.97 Å². The van der Waals surface area contributed by atoms with Gasteiger partial charge in [-0.3, -0.25) is 0 Å². The van der Waals surface area contributed by atoms with Gasteiger partial charge in [-0.1, -0.05) is 31.2 Å². The average molecular weight is 238 g/mol. The van der Waals surface area contributed by atoms with E-state index in [0.717, 1.165) is 28.5 Å². The Morgan fingerprint density at radius 3 is 2.50 bits per heavy atom. The third kappa shape index (κ3) is 1.67. The second-order valence-corrected chi connectivity index (χ2v) is 4.20. The van der Waals surface area contributed by atoms with Gasteiger partial charge >= 0.3 is 0 Å². The summed E-state index contributed by atoms with van der Waals surface area (Å²) in [6, 6.07) is 12.3. The van der Waals surface area contributed by atoms with E-state index in [9.17, 15) is 0 Å². The molecule has 0 aliphatic rings. The lowest BCUT2D eigenvalue weighted by Gasteiger charge is -2.08. The van der Waals surface area contributed by atoms with E-state index in [2.05, 4.69) is 39.7 Å². The molecule has 0 aliphatic heterocycles. The fourth-order valence-electron chi connectivity index (χ4n) is 2.13. The molecule has 1 heterocycles. The molecule has 4 nitrogen and oxygen atoms in total. The van der Waals surface area contributed by atoms with Crippen molar-refractivity contribution in [2.45, 2.75) is 13.3 Å². The van der Waals surface area contributed by atoms with Crippen LogP contribution in [0.5, 0.6) is 0 Å². The number of nitrogens with zero attached hydrogens (tertiary/aromatic N) is 2. The highest BCUT2D eigenvalue weighted by molar-refractivity contribution is 6.00. The van der Waals surface area contributed by atoms with Crippen LogP contribution in [0.15, 0.2) is 36.4 Å². The third-order valence-electron chi connectivity index (χ3n) is 3.06. The summed E-state index contributed by atoms with van der Waals surface area (Å²) in [5, 5.41) is 3.29. The summed E-state index contributed by atoms with van der Waals surface area (Å²) in [5.41, 5.74) is 3.58. The lowest BCUT2D eigenvalue weighted by Crippen LogP contribution is -2.11. The Kier molecular flexibility index (Phi) is 2.57. The molecule has 0 bridgehead atoms. The van der Waals surface area contributed by atoms with Crippen LogP contribution >= 0.6 is 0 Å². The number of nitrogen functional groups attached to an aromatic ring is 1. The molecule has 3 aromatic rings. The molecule has 0 saturated heterocycles. The maximum atomic E-state index is 5.54. The number of aryl methyl sites for hydroxylation is 1. The van der Waals surface area contributed by atoms with E-state index in [1.165, 1.54) is 5.39 Å². The van der Waals surface area contributed by atoms with Crippen LogP contribution in [0.2, 0.25) is 0 Å². The van der Waals surface area contributed by atoms with Crippen molar-refractivity contribution in [2.75, 3.05) is 5.43 Å². The maximum Gasteiger partial charge on any atom is 0.151 e. The first-order valence-electron chi connectivity index (χ1n) is 5.98. The second-order valence-electron chi connectivity index (χ2n) is 4.20. The lowest BCUT2D eigenvalue weighted by atomic mass is 10.1. The van der Waals surface area contributed by atoms with Gasteiger partial charge in [-0.2, -0.15) is 0 Å². The van der Waals surface area contributed by atoms with Crippen LogP contribution in [0.3, 0.4) is 0 Å². The Bertz CT molecular complexity index is 721. The number of nitrogens with two attached hydrogens (primary N) is 1. The number of aromatic nitrogens is 2. The van der Waals surface area contributed by atoms with Gasteiger partial charge in [0.05, 0.1) is 5.52 Å². The summed E-state index contributed by atoms with van der Waals surface area (Å²) < 4.78 is 0. The normalized spacial score (nSPS) is 11.0. The number of anilines is 1. The maximum absolute atomic E-state index is 5.54. The number of rotatable bonds is 2. The van der Waals surface area contributed by atoms with Crippen molar-refractivity contribution in [3.63, 3.8) is 0 Å². The zero-order chi connectivity index (χ0) is 12.5. The van der Waals surface area contributed by atoms with Gasteiger partial charge < -0.3 is 5.43 Å². The average Bonchev–Trinajstić information content (AvgIpc) is 2.43. The summed E-state index contributed by atoms with van der Waals surface area (Å²) >= 11 is 0. The Balaban J connectivity index is 2.41. The van der Waals surface area contributed by atoms with Gasteiger partial charge in [0, 0.05) is 11.8 Å². The molecule has 0 aliphatic carbocycles. The van der Waals surface area contributed by atoms with E-state index in [1.54, 1.807) is 0 Å². The Labute approximate surface area is 105 Å². The van der Waals surface area contributed by atoms with Crippen LogP contribution in [-0.4, -0.2) is 9.97 Å². The predicted molar refractivity (Wildman–Crippen MR) is 74.2 cm³/mol. The Hall–Kier alpha value is -2.20. The fourth-order valence-corrected chi connectivity index (χ4v) is 2.13. The van der Waals surface area contributed by atoms with Crippen molar-refractivity contribution in [3.8, 4) is 0 Å². The number of hydrogen-bond donors (Lipinski definition) is 2. The summed E-state index contributed by atoms with van der Waals surface area (Å²) in [6.45, 7) is 2.03. The van der Waals surface area contributed by atoms with Gasteiger partial charge in [-0.15, -0.1) is 0 Å². The quantitative estimate of drug-likeness (QED) is 0.409. The molecular formula is C14H14N4. The molecule has 4 heteroatoms. The Morgan fingerprint density at radius 2 is 1.83 bits per heavy atom. The number of fused-ring (bicyclic) bond motifs is 2. The molecule has 0 saturated carbocycles. The van der Waals surface area contributed by atoms with Crippen LogP contribution < -0.4 is 11.3 Å². The van der Waals surface area contributed by atoms with E-state index < -0.39 is 0 Å². The lowest BCUT2D eigenvalue weighted by molar-refractivity contribution is 0.959. The molecule has 1 aromatic heterocycles. The Morgan fingerprint density at radius 1 is 1.11 bits per heavy atom. The first kappa shape index (κ1) is 10.9. The van der Waals surface area contributed by atoms with E-state index in [-0.39, 0.29) is 0 Å². The molecule has 0 fully saturated rings. The zero-order valence-corrected chi connectivity index (χ0v) is 10.1. The van der Waals surface area contributed by atoms with E-state index in [4.69, 9.17) is 5.84 Å². The third-order valence-corrected chi connectivity index (χ3v) is 3.06. The van der Waals surface area contributed by atoms with Crippen LogP contribution in [-0.2, 0) is 6.42 Å². The molecule has 0 radical (unpaired) electrons. The monoisotopic (exact) mass is 238 g/mol. The van der Waals surface area contributed by atoms with Gasteiger partial charge in [-0.05, 0) is 22.9 Å². The van der Waals surface area contributed by atoms with Crippen LogP contribution in [0.4, 0.5) is 5.82 Å². The standard InChI is InChI=1S/C14H14N4/c1-2-13-16-12-8-10-6-4-3-5-9(10)7-11(12)14(17-13)18-15/h3-8H,2,15H2,1H3,(H,16,17,18). The SMILES string of the molecule is CCc1nc(NN)c2cc3ccccc3cc2n1. The first-order valence-corrected chi connectivity index (χ1v) is 5.98. The van der Waals surface area contributed by atoms with Gasteiger partial charge in [0.2, 0.25) is 0 Å².